The molecule has 2 nitrogen and oxygen atoms in total. The van der Waals surface area contributed by atoms with Crippen LogP contribution in [0, 0.1) is 6.92 Å². The monoisotopic (exact) mass is 280 g/mol. The van der Waals surface area contributed by atoms with Gasteiger partial charge in [0, 0.05) is 6.54 Å². The zero-order valence-corrected chi connectivity index (χ0v) is 12.7. The van der Waals surface area contributed by atoms with E-state index in [1.165, 1.54) is 22.3 Å². The lowest BCUT2D eigenvalue weighted by Crippen LogP contribution is -2.16. The maximum atomic E-state index is 5.78. The van der Waals surface area contributed by atoms with Gasteiger partial charge in [-0.25, -0.2) is 0 Å². The Balaban J connectivity index is 1.81. The van der Waals surface area contributed by atoms with Crippen LogP contribution < -0.4 is 11.1 Å². The Morgan fingerprint density at radius 2 is 2.24 bits per heavy atom. The minimum absolute atomic E-state index is 0.897. The van der Waals surface area contributed by atoms with E-state index in [0.29, 0.717) is 0 Å². The Labute approximate surface area is 127 Å². The molecule has 0 bridgehead atoms. The summed E-state index contributed by atoms with van der Waals surface area (Å²) in [4.78, 5) is 0. The first-order chi connectivity index (χ1) is 10.3. The topological polar surface area (TPSA) is 38.0 Å². The molecule has 21 heavy (non-hydrogen) atoms. The fourth-order valence-electron chi connectivity index (χ4n) is 2.40. The molecule has 1 aromatic rings. The van der Waals surface area contributed by atoms with Gasteiger partial charge in [0.05, 0.1) is 0 Å². The van der Waals surface area contributed by atoms with E-state index in [4.69, 9.17) is 5.73 Å². The van der Waals surface area contributed by atoms with Gasteiger partial charge in [-0.1, -0.05) is 60.2 Å². The van der Waals surface area contributed by atoms with E-state index < -0.39 is 0 Å². The molecule has 0 aliphatic heterocycles. The predicted octanol–water partition coefficient (Wildman–Crippen LogP) is 3.76. The fourth-order valence-corrected chi connectivity index (χ4v) is 2.40. The van der Waals surface area contributed by atoms with Gasteiger partial charge in [0.1, 0.15) is 0 Å². The second-order valence-corrected chi connectivity index (χ2v) is 5.30. The average molecular weight is 280 g/mol. The number of nitrogens with one attached hydrogen (secondary N) is 1. The van der Waals surface area contributed by atoms with Crippen molar-refractivity contribution in [3.63, 3.8) is 0 Å². The molecule has 0 atom stereocenters. The summed E-state index contributed by atoms with van der Waals surface area (Å²) >= 11 is 0. The Bertz CT molecular complexity index is 577. The van der Waals surface area contributed by atoms with E-state index in [2.05, 4.69) is 66.9 Å². The van der Waals surface area contributed by atoms with Gasteiger partial charge in [0.15, 0.2) is 0 Å². The highest BCUT2D eigenvalue weighted by atomic mass is 14.8. The minimum atomic E-state index is 0.897. The standard InChI is InChI=1S/C19H24N2/c1-16-7-6-8-17(13-16)15-21-12-11-19(14-20)18-9-4-2-3-5-10-18/h2,4-10,13-14,21H,3,11-12,15,20H2,1H3/b19-14-. The van der Waals surface area contributed by atoms with E-state index in [9.17, 15) is 0 Å². The van der Waals surface area contributed by atoms with Crippen LogP contribution in [0.4, 0.5) is 0 Å². The Kier molecular flexibility index (Phi) is 6.04. The zero-order valence-electron chi connectivity index (χ0n) is 12.7. The van der Waals surface area contributed by atoms with Gasteiger partial charge < -0.3 is 11.1 Å². The van der Waals surface area contributed by atoms with Crippen molar-refractivity contribution in [3.8, 4) is 0 Å². The third-order valence-corrected chi connectivity index (χ3v) is 3.54. The summed E-state index contributed by atoms with van der Waals surface area (Å²) in [5.74, 6) is 0. The van der Waals surface area contributed by atoms with Crippen molar-refractivity contribution < 1.29 is 0 Å². The molecular weight excluding hydrogens is 256 g/mol. The maximum absolute atomic E-state index is 5.78. The summed E-state index contributed by atoms with van der Waals surface area (Å²) in [6.07, 6.45) is 14.3. The quantitative estimate of drug-likeness (QED) is 0.779. The molecule has 0 radical (unpaired) electrons. The van der Waals surface area contributed by atoms with Crippen LogP contribution in [0.3, 0.4) is 0 Å². The van der Waals surface area contributed by atoms with Crippen molar-refractivity contribution >= 4 is 0 Å². The lowest BCUT2D eigenvalue weighted by molar-refractivity contribution is 0.686. The lowest BCUT2D eigenvalue weighted by atomic mass is 10.0. The largest absolute Gasteiger partial charge is 0.404 e. The predicted molar refractivity (Wildman–Crippen MR) is 90.8 cm³/mol. The van der Waals surface area contributed by atoms with Crippen molar-refractivity contribution in [3.05, 3.63) is 83.1 Å². The SMILES string of the molecule is Cc1cccc(CNCC/C(=C/N)C2=CC=CCC=C2)c1. The van der Waals surface area contributed by atoms with E-state index in [-0.39, 0.29) is 0 Å². The van der Waals surface area contributed by atoms with Gasteiger partial charge in [0.2, 0.25) is 0 Å². The molecule has 1 aromatic carbocycles. The molecule has 0 unspecified atom stereocenters. The third kappa shape index (κ3) is 5.09. The fraction of sp³-hybridized carbons (Fsp3) is 0.263. The lowest BCUT2D eigenvalue weighted by Gasteiger charge is -2.09. The first kappa shape index (κ1) is 15.3. The van der Waals surface area contributed by atoms with Gasteiger partial charge in [-0.05, 0) is 49.2 Å². The summed E-state index contributed by atoms with van der Waals surface area (Å²) in [5.41, 5.74) is 10.8. The van der Waals surface area contributed by atoms with Crippen LogP contribution >= 0.6 is 0 Å². The van der Waals surface area contributed by atoms with Gasteiger partial charge in [-0.3, -0.25) is 0 Å². The van der Waals surface area contributed by atoms with Crippen LogP contribution in [0.25, 0.3) is 0 Å². The van der Waals surface area contributed by atoms with Gasteiger partial charge >= 0.3 is 0 Å². The molecule has 0 fully saturated rings. The van der Waals surface area contributed by atoms with Crippen molar-refractivity contribution in [2.24, 2.45) is 5.73 Å². The molecule has 3 N–H and O–H groups in total. The molecule has 0 aromatic heterocycles. The van der Waals surface area contributed by atoms with Crippen molar-refractivity contribution in [2.45, 2.75) is 26.3 Å². The van der Waals surface area contributed by atoms with Crippen LogP contribution in [0.1, 0.15) is 24.0 Å². The zero-order chi connectivity index (χ0) is 14.9. The van der Waals surface area contributed by atoms with Crippen LogP contribution in [0.15, 0.2) is 72.0 Å². The van der Waals surface area contributed by atoms with Crippen molar-refractivity contribution in [2.75, 3.05) is 6.54 Å². The smallest absolute Gasteiger partial charge is 0.0205 e. The Morgan fingerprint density at radius 1 is 1.33 bits per heavy atom. The summed E-state index contributed by atoms with van der Waals surface area (Å²) in [6.45, 7) is 3.94. The van der Waals surface area contributed by atoms with E-state index in [1.807, 2.05) is 0 Å². The second-order valence-electron chi connectivity index (χ2n) is 5.30. The summed E-state index contributed by atoms with van der Waals surface area (Å²) in [6, 6.07) is 8.59. The van der Waals surface area contributed by atoms with Crippen molar-refractivity contribution in [1.82, 2.24) is 5.32 Å². The van der Waals surface area contributed by atoms with Crippen LogP contribution in [0.5, 0.6) is 0 Å². The number of aryl methyl sites for hydroxylation is 1. The number of hydrogen-bond acceptors (Lipinski definition) is 2. The molecule has 1 aliphatic rings. The minimum Gasteiger partial charge on any atom is -0.404 e. The second kappa shape index (κ2) is 8.28. The molecule has 2 rings (SSSR count). The molecular formula is C19H24N2. The number of nitrogens with two attached hydrogens (primary N) is 1. The first-order valence-corrected chi connectivity index (χ1v) is 7.50. The Hall–Kier alpha value is -2.06. The normalized spacial score (nSPS) is 14.9. The molecule has 0 saturated heterocycles. The number of rotatable bonds is 6. The summed E-state index contributed by atoms with van der Waals surface area (Å²) in [5, 5.41) is 3.48. The van der Waals surface area contributed by atoms with Gasteiger partial charge in [0.25, 0.3) is 0 Å². The molecule has 0 amide bonds. The third-order valence-electron chi connectivity index (χ3n) is 3.54. The summed E-state index contributed by atoms with van der Waals surface area (Å²) in [7, 11) is 0. The highest BCUT2D eigenvalue weighted by Gasteiger charge is 2.02. The highest BCUT2D eigenvalue weighted by molar-refractivity contribution is 5.43. The molecule has 1 aliphatic carbocycles. The number of allylic oxidation sites excluding steroid dienone is 6. The van der Waals surface area contributed by atoms with Gasteiger partial charge in [-0.2, -0.15) is 0 Å². The molecule has 0 heterocycles. The molecule has 0 spiro atoms. The van der Waals surface area contributed by atoms with E-state index in [1.54, 1.807) is 6.20 Å². The van der Waals surface area contributed by atoms with E-state index >= 15 is 0 Å². The molecule has 0 saturated carbocycles. The Morgan fingerprint density at radius 3 is 3.05 bits per heavy atom. The molecule has 2 heteroatoms. The molecule has 110 valence electrons. The number of benzene rings is 1. The van der Waals surface area contributed by atoms with Crippen LogP contribution in [-0.4, -0.2) is 6.54 Å². The van der Waals surface area contributed by atoms with Crippen LogP contribution in [-0.2, 0) is 6.54 Å². The first-order valence-electron chi connectivity index (χ1n) is 7.50. The van der Waals surface area contributed by atoms with Crippen LogP contribution in [0.2, 0.25) is 0 Å². The average Bonchev–Trinajstić information content (AvgIpc) is 2.77. The summed E-state index contributed by atoms with van der Waals surface area (Å²) < 4.78 is 0. The highest BCUT2D eigenvalue weighted by Crippen LogP contribution is 2.17. The number of hydrogen-bond donors (Lipinski definition) is 2. The van der Waals surface area contributed by atoms with Crippen molar-refractivity contribution in [1.29, 1.82) is 0 Å². The van der Waals surface area contributed by atoms with Gasteiger partial charge in [-0.15, -0.1) is 0 Å². The maximum Gasteiger partial charge on any atom is 0.0205 e. The van der Waals surface area contributed by atoms with E-state index in [0.717, 1.165) is 25.9 Å².